The number of imide groups is 1. The Morgan fingerprint density at radius 3 is 2.74 bits per heavy atom. The third-order valence-electron chi connectivity index (χ3n) is 6.53. The molecule has 7 nitrogen and oxygen atoms in total. The number of nitrogens with zero attached hydrogens (tertiary/aromatic N) is 1. The Hall–Kier alpha value is -1.96. The first-order valence-electron chi connectivity index (χ1n) is 10.2. The van der Waals surface area contributed by atoms with Crippen molar-refractivity contribution in [2.24, 2.45) is 5.92 Å². The Kier molecular flexibility index (Phi) is 4.38. The van der Waals surface area contributed by atoms with Crippen LogP contribution in [-0.2, 0) is 11.2 Å². The van der Waals surface area contributed by atoms with Crippen molar-refractivity contribution < 1.29 is 9.59 Å². The lowest BCUT2D eigenvalue weighted by Crippen LogP contribution is -2.75. The second-order valence-electron chi connectivity index (χ2n) is 8.14. The van der Waals surface area contributed by atoms with Crippen molar-refractivity contribution in [3.05, 3.63) is 35.4 Å². The van der Waals surface area contributed by atoms with E-state index in [2.05, 4.69) is 45.5 Å². The van der Waals surface area contributed by atoms with E-state index in [1.54, 1.807) is 0 Å². The Morgan fingerprint density at radius 1 is 1.07 bits per heavy atom. The molecule has 0 bridgehead atoms. The smallest absolute Gasteiger partial charge is 0.321 e. The SMILES string of the molecule is O=C1NC2NC(NC3CCc4ccccc43)NCC2C(=O)N1C1CCCC1. The summed E-state index contributed by atoms with van der Waals surface area (Å²) in [6.45, 7) is 0.562. The molecule has 2 heterocycles. The van der Waals surface area contributed by atoms with Gasteiger partial charge >= 0.3 is 6.03 Å². The molecule has 144 valence electrons. The van der Waals surface area contributed by atoms with Gasteiger partial charge in [-0.2, -0.15) is 0 Å². The highest BCUT2D eigenvalue weighted by molar-refractivity contribution is 5.99. The number of fused-ring (bicyclic) bond motifs is 2. The summed E-state index contributed by atoms with van der Waals surface area (Å²) >= 11 is 0. The fourth-order valence-corrected chi connectivity index (χ4v) is 5.12. The minimum Gasteiger partial charge on any atom is -0.321 e. The molecule has 0 radical (unpaired) electrons. The normalized spacial score (nSPS) is 33.7. The first kappa shape index (κ1) is 17.2. The van der Waals surface area contributed by atoms with Gasteiger partial charge < -0.3 is 5.32 Å². The van der Waals surface area contributed by atoms with Crippen LogP contribution in [0.1, 0.15) is 49.3 Å². The summed E-state index contributed by atoms with van der Waals surface area (Å²) in [7, 11) is 0. The molecule has 7 heteroatoms. The van der Waals surface area contributed by atoms with Gasteiger partial charge in [-0.05, 0) is 36.8 Å². The topological polar surface area (TPSA) is 85.5 Å². The Balaban J connectivity index is 1.25. The second kappa shape index (κ2) is 6.89. The third-order valence-corrected chi connectivity index (χ3v) is 6.53. The number of hydrogen-bond donors (Lipinski definition) is 4. The van der Waals surface area contributed by atoms with Crippen LogP contribution in [-0.4, -0.2) is 41.9 Å². The maximum absolute atomic E-state index is 12.9. The molecule has 4 aliphatic rings. The van der Waals surface area contributed by atoms with Crippen LogP contribution in [0.5, 0.6) is 0 Å². The van der Waals surface area contributed by atoms with Gasteiger partial charge in [-0.1, -0.05) is 37.1 Å². The van der Waals surface area contributed by atoms with E-state index in [1.165, 1.54) is 16.0 Å². The maximum Gasteiger partial charge on any atom is 0.325 e. The summed E-state index contributed by atoms with van der Waals surface area (Å²) in [5.74, 6) is -0.294. The number of carbonyl (C=O) groups is 2. The molecular weight excluding hydrogens is 342 g/mol. The predicted octanol–water partition coefficient (Wildman–Crippen LogP) is 1.18. The number of carbonyl (C=O) groups excluding carboxylic acids is 2. The summed E-state index contributed by atoms with van der Waals surface area (Å²) in [6, 6.07) is 8.64. The van der Waals surface area contributed by atoms with Crippen LogP contribution in [0.2, 0.25) is 0 Å². The van der Waals surface area contributed by atoms with E-state index < -0.39 is 0 Å². The van der Waals surface area contributed by atoms with E-state index in [0.717, 1.165) is 38.5 Å². The van der Waals surface area contributed by atoms with Gasteiger partial charge in [0.25, 0.3) is 0 Å². The summed E-state index contributed by atoms with van der Waals surface area (Å²) in [6.07, 6.45) is 5.76. The quantitative estimate of drug-likeness (QED) is 0.643. The molecule has 4 atom stereocenters. The number of nitrogens with one attached hydrogen (secondary N) is 4. The molecule has 1 aromatic carbocycles. The molecule has 1 saturated carbocycles. The van der Waals surface area contributed by atoms with E-state index in [1.807, 2.05) is 0 Å². The molecule has 4 unspecified atom stereocenters. The van der Waals surface area contributed by atoms with Gasteiger partial charge in [0, 0.05) is 18.6 Å². The molecular formula is C20H27N5O2. The van der Waals surface area contributed by atoms with Gasteiger partial charge in [0.15, 0.2) is 0 Å². The van der Waals surface area contributed by atoms with Crippen LogP contribution in [0, 0.1) is 5.92 Å². The summed E-state index contributed by atoms with van der Waals surface area (Å²) in [4.78, 5) is 27.0. The van der Waals surface area contributed by atoms with Crippen molar-refractivity contribution in [3.63, 3.8) is 0 Å². The highest BCUT2D eigenvalue weighted by atomic mass is 16.2. The predicted molar refractivity (Wildman–Crippen MR) is 100 cm³/mol. The van der Waals surface area contributed by atoms with Gasteiger partial charge in [-0.25, -0.2) is 4.79 Å². The van der Waals surface area contributed by atoms with Crippen molar-refractivity contribution in [2.45, 2.75) is 63.1 Å². The zero-order chi connectivity index (χ0) is 18.4. The van der Waals surface area contributed by atoms with Crippen LogP contribution < -0.4 is 21.3 Å². The number of urea groups is 1. The molecule has 3 fully saturated rings. The van der Waals surface area contributed by atoms with Crippen LogP contribution in [0.4, 0.5) is 4.79 Å². The van der Waals surface area contributed by atoms with Crippen molar-refractivity contribution in [3.8, 4) is 0 Å². The zero-order valence-electron chi connectivity index (χ0n) is 15.4. The zero-order valence-corrected chi connectivity index (χ0v) is 15.4. The van der Waals surface area contributed by atoms with Crippen LogP contribution in [0.25, 0.3) is 0 Å². The van der Waals surface area contributed by atoms with Gasteiger partial charge in [0.1, 0.15) is 6.29 Å². The molecule has 3 amide bonds. The van der Waals surface area contributed by atoms with Gasteiger partial charge in [0.05, 0.1) is 12.1 Å². The van der Waals surface area contributed by atoms with Gasteiger partial charge in [-0.3, -0.25) is 25.6 Å². The average Bonchev–Trinajstić information content (AvgIpc) is 3.32. The van der Waals surface area contributed by atoms with Crippen molar-refractivity contribution >= 4 is 11.9 Å². The molecule has 4 N–H and O–H groups in total. The van der Waals surface area contributed by atoms with Crippen LogP contribution in [0.15, 0.2) is 24.3 Å². The minimum absolute atomic E-state index is 0.0414. The lowest BCUT2D eigenvalue weighted by molar-refractivity contribution is -0.139. The Labute approximate surface area is 159 Å². The first-order chi connectivity index (χ1) is 13.2. The van der Waals surface area contributed by atoms with E-state index in [4.69, 9.17) is 0 Å². The van der Waals surface area contributed by atoms with Crippen molar-refractivity contribution in [1.82, 2.24) is 26.2 Å². The Morgan fingerprint density at radius 2 is 1.89 bits per heavy atom. The lowest BCUT2D eigenvalue weighted by Gasteiger charge is -2.45. The molecule has 2 aliphatic carbocycles. The lowest BCUT2D eigenvalue weighted by atomic mass is 9.98. The summed E-state index contributed by atoms with van der Waals surface area (Å²) in [5.41, 5.74) is 2.75. The summed E-state index contributed by atoms with van der Waals surface area (Å²) in [5, 5.41) is 13.4. The molecule has 1 aromatic rings. The number of benzene rings is 1. The van der Waals surface area contributed by atoms with Crippen LogP contribution >= 0.6 is 0 Å². The van der Waals surface area contributed by atoms with Crippen LogP contribution in [0.3, 0.4) is 0 Å². The fourth-order valence-electron chi connectivity index (χ4n) is 5.12. The number of amides is 3. The van der Waals surface area contributed by atoms with E-state index in [0.29, 0.717) is 6.54 Å². The largest absolute Gasteiger partial charge is 0.325 e. The molecule has 2 aliphatic heterocycles. The van der Waals surface area contributed by atoms with E-state index in [9.17, 15) is 9.59 Å². The number of rotatable bonds is 3. The van der Waals surface area contributed by atoms with Gasteiger partial charge in [-0.15, -0.1) is 0 Å². The molecule has 0 spiro atoms. The van der Waals surface area contributed by atoms with Crippen molar-refractivity contribution in [1.29, 1.82) is 0 Å². The average molecular weight is 369 g/mol. The van der Waals surface area contributed by atoms with E-state index >= 15 is 0 Å². The summed E-state index contributed by atoms with van der Waals surface area (Å²) < 4.78 is 0. The fraction of sp³-hybridized carbons (Fsp3) is 0.600. The maximum atomic E-state index is 12.9. The minimum atomic E-state index is -0.321. The number of aryl methyl sites for hydroxylation is 1. The third kappa shape index (κ3) is 3.03. The highest BCUT2D eigenvalue weighted by Crippen LogP contribution is 2.31. The standard InChI is InChI=1S/C20H27N5O2/c26-18-15-11-21-19(22-16-10-9-12-5-1-4-8-14(12)16)23-17(15)24-20(27)25(18)13-6-2-3-7-13/h1,4-5,8,13,15-17,19,21-23H,2-3,6-7,9-11H2,(H,24,27). The second-order valence-corrected chi connectivity index (χ2v) is 8.14. The first-order valence-corrected chi connectivity index (χ1v) is 10.2. The van der Waals surface area contributed by atoms with E-state index in [-0.39, 0.29) is 42.4 Å². The monoisotopic (exact) mass is 369 g/mol. The molecule has 0 aromatic heterocycles. The van der Waals surface area contributed by atoms with Gasteiger partial charge in [0.2, 0.25) is 5.91 Å². The van der Waals surface area contributed by atoms with Crippen molar-refractivity contribution in [2.75, 3.05) is 6.54 Å². The molecule has 5 rings (SSSR count). The molecule has 27 heavy (non-hydrogen) atoms. The molecule has 2 saturated heterocycles. The Bertz CT molecular complexity index is 748. The number of hydrogen-bond acceptors (Lipinski definition) is 5. The highest BCUT2D eigenvalue weighted by Gasteiger charge is 2.47.